The summed E-state index contributed by atoms with van der Waals surface area (Å²) in [5, 5.41) is 3.16. The van der Waals surface area contributed by atoms with Crippen LogP contribution in [0.4, 0.5) is 0 Å². The fraction of sp³-hybridized carbons (Fsp3) is 0.824. The topological polar surface area (TPSA) is 55.1 Å². The molecule has 0 atom stereocenters. The molecule has 0 radical (unpaired) electrons. The minimum Gasteiger partial charge on any atom is -0.355 e. The molecule has 2 aliphatic rings. The third-order valence-electron chi connectivity index (χ3n) is 5.05. The third-order valence-corrected chi connectivity index (χ3v) is 5.05. The highest BCUT2D eigenvalue weighted by Gasteiger charge is 2.36. The minimum absolute atomic E-state index is 0.207. The third kappa shape index (κ3) is 4.08. The first kappa shape index (κ1) is 15.6. The molecule has 1 amide bonds. The van der Waals surface area contributed by atoms with Gasteiger partial charge in [0.1, 0.15) is 0 Å². The van der Waals surface area contributed by atoms with E-state index < -0.39 is 0 Å². The Labute approximate surface area is 123 Å². The molecule has 3 heteroatoms. The number of rotatable bonds is 5. The molecular weight excluding hydrogens is 248 g/mol. The number of hydrogen-bond donors (Lipinski definition) is 2. The van der Waals surface area contributed by atoms with Gasteiger partial charge in [-0.25, -0.2) is 0 Å². The molecule has 2 aliphatic carbocycles. The molecule has 0 unspecified atom stereocenters. The number of carbonyl (C=O) groups excluding carboxylic acids is 1. The van der Waals surface area contributed by atoms with E-state index in [0.717, 1.165) is 38.6 Å². The van der Waals surface area contributed by atoms with E-state index in [1.807, 2.05) is 0 Å². The van der Waals surface area contributed by atoms with Crippen molar-refractivity contribution in [2.45, 2.75) is 70.6 Å². The van der Waals surface area contributed by atoms with Crippen LogP contribution >= 0.6 is 0 Å². The van der Waals surface area contributed by atoms with Gasteiger partial charge in [-0.05, 0) is 44.9 Å². The quantitative estimate of drug-likeness (QED) is 0.599. The van der Waals surface area contributed by atoms with Crippen LogP contribution in [0.25, 0.3) is 0 Å². The van der Waals surface area contributed by atoms with Crippen molar-refractivity contribution in [3.63, 3.8) is 0 Å². The summed E-state index contributed by atoms with van der Waals surface area (Å²) in [6, 6.07) is 0. The lowest BCUT2D eigenvalue weighted by Crippen LogP contribution is -2.46. The van der Waals surface area contributed by atoms with Crippen molar-refractivity contribution in [3.05, 3.63) is 11.6 Å². The maximum absolute atomic E-state index is 12.5. The van der Waals surface area contributed by atoms with E-state index in [4.69, 9.17) is 5.73 Å². The largest absolute Gasteiger partial charge is 0.355 e. The standard InChI is InChI=1S/C17H30N2O/c18-14-17(11-6-1-2-7-12-17)16(20)19-13-10-15-8-4-3-5-9-15/h8H,1-7,9-14,18H2,(H,19,20). The minimum atomic E-state index is -0.280. The van der Waals surface area contributed by atoms with Gasteiger partial charge in [-0.3, -0.25) is 4.79 Å². The van der Waals surface area contributed by atoms with Gasteiger partial charge in [-0.2, -0.15) is 0 Å². The first-order chi connectivity index (χ1) is 9.77. The number of carbonyl (C=O) groups is 1. The van der Waals surface area contributed by atoms with Crippen molar-refractivity contribution in [1.29, 1.82) is 0 Å². The molecule has 114 valence electrons. The van der Waals surface area contributed by atoms with E-state index in [0.29, 0.717) is 6.54 Å². The van der Waals surface area contributed by atoms with Crippen molar-refractivity contribution in [1.82, 2.24) is 5.32 Å². The van der Waals surface area contributed by atoms with Crippen molar-refractivity contribution < 1.29 is 4.79 Å². The summed E-state index contributed by atoms with van der Waals surface area (Å²) < 4.78 is 0. The highest BCUT2D eigenvalue weighted by Crippen LogP contribution is 2.34. The van der Waals surface area contributed by atoms with E-state index in [1.165, 1.54) is 44.1 Å². The molecule has 3 nitrogen and oxygen atoms in total. The summed E-state index contributed by atoms with van der Waals surface area (Å²) in [5.41, 5.74) is 7.20. The van der Waals surface area contributed by atoms with Gasteiger partial charge in [0.2, 0.25) is 5.91 Å². The van der Waals surface area contributed by atoms with Crippen LogP contribution in [0.1, 0.15) is 70.6 Å². The van der Waals surface area contributed by atoms with Crippen LogP contribution in [0.5, 0.6) is 0 Å². The van der Waals surface area contributed by atoms with Gasteiger partial charge in [0.05, 0.1) is 5.41 Å². The Morgan fingerprint density at radius 2 is 1.90 bits per heavy atom. The average Bonchev–Trinajstić information content (AvgIpc) is 2.74. The van der Waals surface area contributed by atoms with E-state index >= 15 is 0 Å². The lowest BCUT2D eigenvalue weighted by Gasteiger charge is -2.30. The van der Waals surface area contributed by atoms with Crippen LogP contribution in [-0.2, 0) is 4.79 Å². The Morgan fingerprint density at radius 3 is 2.50 bits per heavy atom. The molecule has 1 saturated carbocycles. The molecule has 0 aromatic rings. The normalized spacial score (nSPS) is 22.8. The summed E-state index contributed by atoms with van der Waals surface area (Å²) in [7, 11) is 0. The Bertz CT molecular complexity index is 341. The Hall–Kier alpha value is -0.830. The van der Waals surface area contributed by atoms with Crippen molar-refractivity contribution in [2.75, 3.05) is 13.1 Å². The van der Waals surface area contributed by atoms with Crippen LogP contribution in [0.2, 0.25) is 0 Å². The zero-order valence-electron chi connectivity index (χ0n) is 12.8. The zero-order chi connectivity index (χ0) is 14.3. The molecule has 0 bridgehead atoms. The average molecular weight is 278 g/mol. The number of amides is 1. The predicted molar refractivity (Wildman–Crippen MR) is 83.4 cm³/mol. The van der Waals surface area contributed by atoms with Gasteiger partial charge in [-0.15, -0.1) is 0 Å². The second-order valence-electron chi connectivity index (χ2n) is 6.51. The smallest absolute Gasteiger partial charge is 0.227 e. The maximum Gasteiger partial charge on any atom is 0.227 e. The fourth-order valence-electron chi connectivity index (χ4n) is 3.59. The van der Waals surface area contributed by atoms with Crippen LogP contribution in [0.15, 0.2) is 11.6 Å². The second-order valence-corrected chi connectivity index (χ2v) is 6.51. The number of allylic oxidation sites excluding steroid dienone is 1. The van der Waals surface area contributed by atoms with Crippen LogP contribution < -0.4 is 11.1 Å². The zero-order valence-corrected chi connectivity index (χ0v) is 12.8. The Balaban J connectivity index is 1.81. The van der Waals surface area contributed by atoms with Gasteiger partial charge in [0, 0.05) is 13.1 Å². The Kier molecular flexibility index (Phi) is 6.08. The first-order valence-corrected chi connectivity index (χ1v) is 8.43. The van der Waals surface area contributed by atoms with Crippen LogP contribution in [0, 0.1) is 5.41 Å². The fourth-order valence-corrected chi connectivity index (χ4v) is 3.59. The van der Waals surface area contributed by atoms with Crippen molar-refractivity contribution in [2.24, 2.45) is 11.1 Å². The lowest BCUT2D eigenvalue weighted by atomic mass is 9.79. The highest BCUT2D eigenvalue weighted by atomic mass is 16.2. The SMILES string of the molecule is NCC1(C(=O)NCCC2=CCCCC2)CCCCCC1. The molecule has 0 aromatic carbocycles. The molecule has 3 N–H and O–H groups in total. The van der Waals surface area contributed by atoms with Crippen LogP contribution in [0.3, 0.4) is 0 Å². The maximum atomic E-state index is 12.5. The number of nitrogens with two attached hydrogens (primary N) is 1. The molecule has 2 rings (SSSR count). The second kappa shape index (κ2) is 7.82. The summed E-state index contributed by atoms with van der Waals surface area (Å²) >= 11 is 0. The molecule has 0 heterocycles. The summed E-state index contributed by atoms with van der Waals surface area (Å²) in [6.07, 6.45) is 15.2. The van der Waals surface area contributed by atoms with Gasteiger partial charge in [-0.1, -0.05) is 37.3 Å². The van der Waals surface area contributed by atoms with E-state index in [1.54, 1.807) is 0 Å². The van der Waals surface area contributed by atoms with Gasteiger partial charge >= 0.3 is 0 Å². The predicted octanol–water partition coefficient (Wildman–Crippen LogP) is 3.29. The number of hydrogen-bond acceptors (Lipinski definition) is 2. The van der Waals surface area contributed by atoms with Gasteiger partial charge in [0.15, 0.2) is 0 Å². The molecule has 0 spiro atoms. The van der Waals surface area contributed by atoms with Crippen molar-refractivity contribution in [3.8, 4) is 0 Å². The first-order valence-electron chi connectivity index (χ1n) is 8.43. The van der Waals surface area contributed by atoms with Gasteiger partial charge in [0.25, 0.3) is 0 Å². The summed E-state index contributed by atoms with van der Waals surface area (Å²) in [5.74, 6) is 0.207. The Morgan fingerprint density at radius 1 is 1.15 bits per heavy atom. The van der Waals surface area contributed by atoms with E-state index in [2.05, 4.69) is 11.4 Å². The molecule has 0 aromatic heterocycles. The molecule has 0 saturated heterocycles. The highest BCUT2D eigenvalue weighted by molar-refractivity contribution is 5.82. The molecule has 0 aliphatic heterocycles. The van der Waals surface area contributed by atoms with Crippen molar-refractivity contribution >= 4 is 5.91 Å². The number of nitrogens with one attached hydrogen (secondary N) is 1. The van der Waals surface area contributed by atoms with E-state index in [-0.39, 0.29) is 11.3 Å². The van der Waals surface area contributed by atoms with E-state index in [9.17, 15) is 4.79 Å². The monoisotopic (exact) mass is 278 g/mol. The summed E-state index contributed by atoms with van der Waals surface area (Å²) in [4.78, 5) is 12.5. The van der Waals surface area contributed by atoms with Crippen LogP contribution in [-0.4, -0.2) is 19.0 Å². The molecule has 1 fully saturated rings. The van der Waals surface area contributed by atoms with Gasteiger partial charge < -0.3 is 11.1 Å². The molecular formula is C17H30N2O. The lowest BCUT2D eigenvalue weighted by molar-refractivity contribution is -0.131. The summed E-state index contributed by atoms with van der Waals surface area (Å²) in [6.45, 7) is 1.29. The molecule has 20 heavy (non-hydrogen) atoms.